The first-order valence-electron chi connectivity index (χ1n) is 10.8. The van der Waals surface area contributed by atoms with Gasteiger partial charge >= 0.3 is 0 Å². The number of para-hydroxylation sites is 1. The van der Waals surface area contributed by atoms with Crippen molar-refractivity contribution < 1.29 is 14.3 Å². The molecular formula is C25H28N4O3. The summed E-state index contributed by atoms with van der Waals surface area (Å²) in [5.41, 5.74) is 3.48. The number of carbonyl (C=O) groups excluding carboxylic acids is 1. The van der Waals surface area contributed by atoms with Crippen LogP contribution in [0.1, 0.15) is 18.4 Å². The summed E-state index contributed by atoms with van der Waals surface area (Å²) in [6.45, 7) is 3.51. The first kappa shape index (κ1) is 21.6. The first-order chi connectivity index (χ1) is 15.6. The van der Waals surface area contributed by atoms with Crippen molar-refractivity contribution in [3.63, 3.8) is 0 Å². The second-order valence-electron chi connectivity index (χ2n) is 7.93. The van der Waals surface area contributed by atoms with E-state index in [0.717, 1.165) is 60.0 Å². The van der Waals surface area contributed by atoms with Gasteiger partial charge in [-0.1, -0.05) is 18.2 Å². The standard InChI is InChI=1S/C25H28N4O3/c1-17-8-10-23(32-3)21(16-17)26-25(30)18-12-14-29(15-13-18)24-11-9-20(27-28-24)19-6-4-5-7-22(19)31-2/h4-11,16,18H,12-15H2,1-3H3,(H,26,30). The molecule has 0 saturated carbocycles. The van der Waals surface area contributed by atoms with Gasteiger partial charge in [-0.25, -0.2) is 0 Å². The average Bonchev–Trinajstić information content (AvgIpc) is 2.84. The van der Waals surface area contributed by atoms with Gasteiger partial charge in [0.1, 0.15) is 11.5 Å². The lowest BCUT2D eigenvalue weighted by atomic mass is 9.95. The smallest absolute Gasteiger partial charge is 0.227 e. The minimum absolute atomic E-state index is 0.0335. The number of hydrogen-bond acceptors (Lipinski definition) is 6. The van der Waals surface area contributed by atoms with E-state index in [9.17, 15) is 4.79 Å². The Bertz CT molecular complexity index is 1080. The highest BCUT2D eigenvalue weighted by Gasteiger charge is 2.26. The SMILES string of the molecule is COc1ccc(C)cc1NC(=O)C1CCN(c2ccc(-c3ccccc3OC)nn2)CC1. The lowest BCUT2D eigenvalue weighted by molar-refractivity contribution is -0.120. The van der Waals surface area contributed by atoms with Gasteiger partial charge in [-0.15, -0.1) is 10.2 Å². The molecule has 0 unspecified atom stereocenters. The predicted octanol–water partition coefficient (Wildman–Crippen LogP) is 4.32. The van der Waals surface area contributed by atoms with Crippen LogP contribution in [-0.4, -0.2) is 43.4 Å². The number of aryl methyl sites for hydroxylation is 1. The van der Waals surface area contributed by atoms with E-state index in [1.807, 2.05) is 61.5 Å². The molecule has 0 bridgehead atoms. The average molecular weight is 433 g/mol. The summed E-state index contributed by atoms with van der Waals surface area (Å²) in [6.07, 6.45) is 1.52. The fraction of sp³-hybridized carbons (Fsp3) is 0.320. The summed E-state index contributed by atoms with van der Waals surface area (Å²) >= 11 is 0. The fourth-order valence-corrected chi connectivity index (χ4v) is 4.02. The highest BCUT2D eigenvalue weighted by atomic mass is 16.5. The molecule has 0 radical (unpaired) electrons. The largest absolute Gasteiger partial charge is 0.496 e. The monoisotopic (exact) mass is 432 g/mol. The molecule has 1 N–H and O–H groups in total. The molecule has 1 saturated heterocycles. The zero-order valence-electron chi connectivity index (χ0n) is 18.7. The zero-order chi connectivity index (χ0) is 22.5. The van der Waals surface area contributed by atoms with E-state index >= 15 is 0 Å². The van der Waals surface area contributed by atoms with Crippen molar-refractivity contribution in [2.24, 2.45) is 5.92 Å². The maximum atomic E-state index is 12.8. The molecule has 4 rings (SSSR count). The molecule has 7 heteroatoms. The van der Waals surface area contributed by atoms with Gasteiger partial charge in [0, 0.05) is 24.6 Å². The van der Waals surface area contributed by atoms with Crippen molar-refractivity contribution in [2.45, 2.75) is 19.8 Å². The van der Waals surface area contributed by atoms with E-state index in [2.05, 4.69) is 20.4 Å². The Kier molecular flexibility index (Phi) is 6.54. The molecular weight excluding hydrogens is 404 g/mol. The third-order valence-electron chi connectivity index (χ3n) is 5.84. The molecule has 0 atom stereocenters. The Morgan fingerprint density at radius 2 is 1.72 bits per heavy atom. The maximum absolute atomic E-state index is 12.8. The molecule has 7 nitrogen and oxygen atoms in total. The van der Waals surface area contributed by atoms with E-state index < -0.39 is 0 Å². The Hall–Kier alpha value is -3.61. The fourth-order valence-electron chi connectivity index (χ4n) is 4.02. The van der Waals surface area contributed by atoms with Crippen LogP contribution >= 0.6 is 0 Å². The molecule has 0 aliphatic carbocycles. The number of amides is 1. The predicted molar refractivity (Wildman–Crippen MR) is 125 cm³/mol. The number of benzene rings is 2. The van der Waals surface area contributed by atoms with Gasteiger partial charge in [0.25, 0.3) is 0 Å². The lowest BCUT2D eigenvalue weighted by Gasteiger charge is -2.32. The number of ether oxygens (including phenoxy) is 2. The summed E-state index contributed by atoms with van der Waals surface area (Å²) in [5, 5.41) is 11.9. The van der Waals surface area contributed by atoms with Crippen molar-refractivity contribution in [3.05, 3.63) is 60.2 Å². The van der Waals surface area contributed by atoms with E-state index in [1.165, 1.54) is 0 Å². The van der Waals surface area contributed by atoms with Crippen molar-refractivity contribution in [2.75, 3.05) is 37.5 Å². The summed E-state index contributed by atoms with van der Waals surface area (Å²) in [6, 6.07) is 17.5. The molecule has 1 amide bonds. The van der Waals surface area contributed by atoms with Crippen LogP contribution in [-0.2, 0) is 4.79 Å². The molecule has 2 heterocycles. The number of piperidine rings is 1. The van der Waals surface area contributed by atoms with Gasteiger partial charge in [-0.05, 0) is 61.7 Å². The van der Waals surface area contributed by atoms with Crippen LogP contribution in [0.5, 0.6) is 11.5 Å². The van der Waals surface area contributed by atoms with Crippen LogP contribution in [0.4, 0.5) is 11.5 Å². The van der Waals surface area contributed by atoms with Crippen molar-refractivity contribution in [1.29, 1.82) is 0 Å². The van der Waals surface area contributed by atoms with Gasteiger partial charge in [0.2, 0.25) is 5.91 Å². The third-order valence-corrected chi connectivity index (χ3v) is 5.84. The Morgan fingerprint density at radius 1 is 0.969 bits per heavy atom. The van der Waals surface area contributed by atoms with E-state index in [4.69, 9.17) is 9.47 Å². The molecule has 1 aliphatic rings. The number of anilines is 2. The number of carbonyl (C=O) groups is 1. The van der Waals surface area contributed by atoms with Crippen LogP contribution in [0.25, 0.3) is 11.3 Å². The van der Waals surface area contributed by atoms with Crippen LogP contribution < -0.4 is 19.7 Å². The molecule has 32 heavy (non-hydrogen) atoms. The second-order valence-corrected chi connectivity index (χ2v) is 7.93. The molecule has 1 fully saturated rings. The number of hydrogen-bond donors (Lipinski definition) is 1. The van der Waals surface area contributed by atoms with Crippen LogP contribution in [0.3, 0.4) is 0 Å². The third kappa shape index (κ3) is 4.66. The molecule has 1 aromatic heterocycles. The molecule has 1 aliphatic heterocycles. The molecule has 0 spiro atoms. The first-order valence-corrected chi connectivity index (χ1v) is 10.8. The number of methoxy groups -OCH3 is 2. The van der Waals surface area contributed by atoms with Gasteiger partial charge in [0.15, 0.2) is 5.82 Å². The summed E-state index contributed by atoms with van der Waals surface area (Å²) in [4.78, 5) is 15.0. The highest BCUT2D eigenvalue weighted by molar-refractivity contribution is 5.94. The zero-order valence-corrected chi connectivity index (χ0v) is 18.7. The van der Waals surface area contributed by atoms with Gasteiger partial charge in [-0.2, -0.15) is 0 Å². The summed E-state index contributed by atoms with van der Waals surface area (Å²) in [5.74, 6) is 2.25. The van der Waals surface area contributed by atoms with E-state index in [0.29, 0.717) is 5.75 Å². The number of aromatic nitrogens is 2. The second kappa shape index (κ2) is 9.68. The minimum Gasteiger partial charge on any atom is -0.496 e. The molecule has 2 aromatic carbocycles. The van der Waals surface area contributed by atoms with Crippen LogP contribution in [0.15, 0.2) is 54.6 Å². The quantitative estimate of drug-likeness (QED) is 0.625. The van der Waals surface area contributed by atoms with Crippen molar-refractivity contribution in [3.8, 4) is 22.8 Å². The topological polar surface area (TPSA) is 76.6 Å². The van der Waals surface area contributed by atoms with Crippen LogP contribution in [0.2, 0.25) is 0 Å². The Labute approximate surface area is 188 Å². The Balaban J connectivity index is 1.37. The molecule has 166 valence electrons. The Morgan fingerprint density at radius 3 is 2.41 bits per heavy atom. The summed E-state index contributed by atoms with van der Waals surface area (Å²) < 4.78 is 10.8. The van der Waals surface area contributed by atoms with Gasteiger partial charge < -0.3 is 19.7 Å². The van der Waals surface area contributed by atoms with Crippen LogP contribution in [0, 0.1) is 12.8 Å². The number of rotatable bonds is 6. The highest BCUT2D eigenvalue weighted by Crippen LogP contribution is 2.30. The van der Waals surface area contributed by atoms with E-state index in [-0.39, 0.29) is 11.8 Å². The summed E-state index contributed by atoms with van der Waals surface area (Å²) in [7, 11) is 3.26. The van der Waals surface area contributed by atoms with Gasteiger partial charge in [-0.3, -0.25) is 4.79 Å². The number of nitrogens with one attached hydrogen (secondary N) is 1. The normalized spacial score (nSPS) is 14.2. The van der Waals surface area contributed by atoms with Crippen molar-refractivity contribution in [1.82, 2.24) is 10.2 Å². The minimum atomic E-state index is -0.0442. The lowest BCUT2D eigenvalue weighted by Crippen LogP contribution is -2.38. The maximum Gasteiger partial charge on any atom is 0.227 e. The van der Waals surface area contributed by atoms with Crippen molar-refractivity contribution >= 4 is 17.4 Å². The number of nitrogens with zero attached hydrogens (tertiary/aromatic N) is 3. The van der Waals surface area contributed by atoms with E-state index in [1.54, 1.807) is 14.2 Å². The molecule has 3 aromatic rings. The van der Waals surface area contributed by atoms with Gasteiger partial charge in [0.05, 0.1) is 25.6 Å².